The monoisotopic (exact) mass is 298 g/mol. The Morgan fingerprint density at radius 2 is 2.20 bits per heavy atom. The van der Waals surface area contributed by atoms with Gasteiger partial charge in [-0.15, -0.1) is 0 Å². The molecule has 1 fully saturated rings. The van der Waals surface area contributed by atoms with E-state index in [4.69, 9.17) is 16.3 Å². The number of nitrogens with one attached hydrogen (secondary N) is 1. The van der Waals surface area contributed by atoms with Crippen molar-refractivity contribution in [2.45, 2.75) is 13.0 Å². The first-order valence-corrected chi connectivity index (χ1v) is 7.03. The second-order valence-corrected chi connectivity index (χ2v) is 5.39. The first-order valence-electron chi connectivity index (χ1n) is 6.66. The van der Waals surface area contributed by atoms with E-state index in [1.54, 1.807) is 12.1 Å². The molecule has 0 amide bonds. The highest BCUT2D eigenvalue weighted by Gasteiger charge is 2.16. The van der Waals surface area contributed by atoms with Crippen molar-refractivity contribution >= 4 is 23.3 Å². The predicted octanol–water partition coefficient (Wildman–Crippen LogP) is 2.17. The number of rotatable bonds is 5. The van der Waals surface area contributed by atoms with Crippen molar-refractivity contribution in [1.82, 2.24) is 4.90 Å². The number of anilines is 1. The fourth-order valence-corrected chi connectivity index (χ4v) is 2.48. The van der Waals surface area contributed by atoms with E-state index >= 15 is 0 Å². The van der Waals surface area contributed by atoms with Crippen molar-refractivity contribution in [1.29, 1.82) is 0 Å². The zero-order valence-electron chi connectivity index (χ0n) is 11.4. The molecule has 0 bridgehead atoms. The van der Waals surface area contributed by atoms with E-state index in [1.807, 2.05) is 6.92 Å². The highest BCUT2D eigenvalue weighted by molar-refractivity contribution is 6.31. The molecule has 20 heavy (non-hydrogen) atoms. The Bertz CT molecular complexity index is 475. The molecule has 1 aromatic rings. The number of halogens is 1. The molecule has 1 saturated heterocycles. The predicted molar refractivity (Wildman–Crippen MR) is 78.8 cm³/mol. The summed E-state index contributed by atoms with van der Waals surface area (Å²) >= 11 is 5.94. The molecule has 1 aliphatic rings. The molecule has 110 valence electrons. The first-order chi connectivity index (χ1) is 9.56. The fraction of sp³-hybridized carbons (Fsp3) is 0.500. The van der Waals surface area contributed by atoms with Crippen LogP contribution < -0.4 is 5.32 Å². The van der Waals surface area contributed by atoms with Crippen molar-refractivity contribution in [2.75, 3.05) is 38.2 Å². The summed E-state index contributed by atoms with van der Waals surface area (Å²) in [7, 11) is 0. The Hall–Kier alpha value is -1.30. The van der Waals surface area contributed by atoms with Gasteiger partial charge in [0.2, 0.25) is 0 Å². The first kappa shape index (κ1) is 15.1. The van der Waals surface area contributed by atoms with E-state index in [0.29, 0.717) is 10.7 Å². The average Bonchev–Trinajstić information content (AvgIpc) is 2.39. The highest BCUT2D eigenvalue weighted by atomic mass is 35.5. The van der Waals surface area contributed by atoms with Crippen LogP contribution in [0.4, 0.5) is 5.69 Å². The number of nitrogens with zero attached hydrogens (tertiary/aromatic N) is 1. The summed E-state index contributed by atoms with van der Waals surface area (Å²) in [5.41, 5.74) is 0.800. The highest BCUT2D eigenvalue weighted by Crippen LogP contribution is 2.22. The standard InChI is InChI=1S/C14H19ClN2O3/c1-10(9-17-4-6-20-7-5-17)16-13-8-11(15)2-3-12(13)14(18)19/h2-3,8,10,16H,4-7,9H2,1H3,(H,18,19). The number of benzene rings is 1. The van der Waals surface area contributed by atoms with Crippen LogP contribution in [0, 0.1) is 0 Å². The van der Waals surface area contributed by atoms with Gasteiger partial charge in [-0.2, -0.15) is 0 Å². The normalized spacial score (nSPS) is 17.7. The summed E-state index contributed by atoms with van der Waals surface area (Å²) in [6, 6.07) is 4.89. The number of morpholine rings is 1. The maximum atomic E-state index is 11.2. The van der Waals surface area contributed by atoms with Crippen molar-refractivity contribution in [2.24, 2.45) is 0 Å². The lowest BCUT2D eigenvalue weighted by atomic mass is 10.1. The van der Waals surface area contributed by atoms with Gasteiger partial charge in [-0.25, -0.2) is 4.79 Å². The minimum Gasteiger partial charge on any atom is -0.478 e. The molecule has 5 nitrogen and oxygen atoms in total. The molecule has 2 rings (SSSR count). The van der Waals surface area contributed by atoms with Gasteiger partial charge in [0.1, 0.15) is 0 Å². The molecular formula is C14H19ClN2O3. The van der Waals surface area contributed by atoms with E-state index in [2.05, 4.69) is 10.2 Å². The van der Waals surface area contributed by atoms with Crippen molar-refractivity contribution in [3.63, 3.8) is 0 Å². The third-order valence-electron chi connectivity index (χ3n) is 3.25. The van der Waals surface area contributed by atoms with Gasteiger partial charge >= 0.3 is 5.97 Å². The third-order valence-corrected chi connectivity index (χ3v) is 3.48. The van der Waals surface area contributed by atoms with E-state index in [-0.39, 0.29) is 11.6 Å². The Kier molecular flexibility index (Phi) is 5.23. The van der Waals surface area contributed by atoms with E-state index in [1.165, 1.54) is 6.07 Å². The molecule has 6 heteroatoms. The molecule has 1 atom stereocenters. The zero-order chi connectivity index (χ0) is 14.5. The molecule has 1 unspecified atom stereocenters. The average molecular weight is 299 g/mol. The Labute approximate surface area is 123 Å². The molecule has 0 aromatic heterocycles. The zero-order valence-corrected chi connectivity index (χ0v) is 12.2. The van der Waals surface area contributed by atoms with Crippen molar-refractivity contribution in [3.05, 3.63) is 28.8 Å². The second kappa shape index (κ2) is 6.92. The maximum Gasteiger partial charge on any atom is 0.337 e. The lowest BCUT2D eigenvalue weighted by Crippen LogP contribution is -2.42. The summed E-state index contributed by atoms with van der Waals surface area (Å²) in [5, 5.41) is 12.9. The van der Waals surface area contributed by atoms with Crippen LogP contribution in [-0.4, -0.2) is 54.9 Å². The van der Waals surface area contributed by atoms with E-state index in [0.717, 1.165) is 32.8 Å². The molecule has 0 saturated carbocycles. The second-order valence-electron chi connectivity index (χ2n) is 4.95. The van der Waals surface area contributed by atoms with Crippen LogP contribution in [-0.2, 0) is 4.74 Å². The lowest BCUT2D eigenvalue weighted by molar-refractivity contribution is 0.0368. The molecular weight excluding hydrogens is 280 g/mol. The van der Waals surface area contributed by atoms with Gasteiger partial charge in [0, 0.05) is 30.7 Å². The van der Waals surface area contributed by atoms with Crippen LogP contribution in [0.1, 0.15) is 17.3 Å². The number of carbonyl (C=O) groups is 1. The van der Waals surface area contributed by atoms with Crippen LogP contribution in [0.5, 0.6) is 0 Å². The van der Waals surface area contributed by atoms with Crippen molar-refractivity contribution < 1.29 is 14.6 Å². The number of ether oxygens (including phenoxy) is 1. The Balaban J connectivity index is 2.00. The largest absolute Gasteiger partial charge is 0.478 e. The minimum atomic E-state index is -0.956. The summed E-state index contributed by atoms with van der Waals surface area (Å²) in [4.78, 5) is 13.5. The summed E-state index contributed by atoms with van der Waals surface area (Å²) in [6.45, 7) is 6.20. The molecule has 1 aliphatic heterocycles. The third kappa shape index (κ3) is 4.10. The molecule has 0 radical (unpaired) electrons. The quantitative estimate of drug-likeness (QED) is 0.872. The Morgan fingerprint density at radius 1 is 1.50 bits per heavy atom. The summed E-state index contributed by atoms with van der Waals surface area (Å²) < 4.78 is 5.31. The maximum absolute atomic E-state index is 11.2. The number of hydrogen-bond donors (Lipinski definition) is 2. The van der Waals surface area contributed by atoms with Crippen molar-refractivity contribution in [3.8, 4) is 0 Å². The molecule has 2 N–H and O–H groups in total. The Morgan fingerprint density at radius 3 is 2.85 bits per heavy atom. The number of carboxylic acid groups (broad SMARTS) is 1. The smallest absolute Gasteiger partial charge is 0.337 e. The van der Waals surface area contributed by atoms with Crippen LogP contribution in [0.25, 0.3) is 0 Å². The number of carboxylic acids is 1. The van der Waals surface area contributed by atoms with E-state index in [9.17, 15) is 9.90 Å². The molecule has 0 spiro atoms. The van der Waals surface area contributed by atoms with Gasteiger partial charge in [-0.3, -0.25) is 4.90 Å². The van der Waals surface area contributed by atoms with Crippen LogP contribution in [0.3, 0.4) is 0 Å². The topological polar surface area (TPSA) is 61.8 Å². The minimum absolute atomic E-state index is 0.129. The lowest BCUT2D eigenvalue weighted by Gasteiger charge is -2.30. The van der Waals surface area contributed by atoms with Gasteiger partial charge in [-0.1, -0.05) is 11.6 Å². The summed E-state index contributed by atoms with van der Waals surface area (Å²) in [5.74, 6) is -0.956. The van der Waals surface area contributed by atoms with Crippen LogP contribution in [0.15, 0.2) is 18.2 Å². The molecule has 1 aromatic carbocycles. The number of aromatic carboxylic acids is 1. The number of hydrogen-bond acceptors (Lipinski definition) is 4. The molecule has 0 aliphatic carbocycles. The summed E-state index contributed by atoms with van der Waals surface area (Å²) in [6.07, 6.45) is 0. The van der Waals surface area contributed by atoms with Gasteiger partial charge in [0.25, 0.3) is 0 Å². The molecule has 1 heterocycles. The fourth-order valence-electron chi connectivity index (χ4n) is 2.30. The van der Waals surface area contributed by atoms with Crippen LogP contribution >= 0.6 is 11.6 Å². The SMILES string of the molecule is CC(CN1CCOCC1)Nc1cc(Cl)ccc1C(=O)O. The van der Waals surface area contributed by atoms with Gasteiger partial charge in [-0.05, 0) is 25.1 Å². The van der Waals surface area contributed by atoms with Gasteiger partial charge in [0.05, 0.1) is 24.5 Å². The van der Waals surface area contributed by atoms with Gasteiger partial charge in [0.15, 0.2) is 0 Å². The van der Waals surface area contributed by atoms with Gasteiger partial charge < -0.3 is 15.2 Å². The van der Waals surface area contributed by atoms with E-state index < -0.39 is 5.97 Å². The van der Waals surface area contributed by atoms with Crippen LogP contribution in [0.2, 0.25) is 5.02 Å².